The van der Waals surface area contributed by atoms with Gasteiger partial charge in [0.25, 0.3) is 0 Å². The van der Waals surface area contributed by atoms with Crippen LogP contribution in [0.25, 0.3) is 0 Å². The normalized spacial score (nSPS) is 11.2. The van der Waals surface area contributed by atoms with Gasteiger partial charge in [-0.05, 0) is 18.2 Å². The van der Waals surface area contributed by atoms with Gasteiger partial charge in [0.15, 0.2) is 0 Å². The summed E-state index contributed by atoms with van der Waals surface area (Å²) in [6.07, 6.45) is -4.46. The Morgan fingerprint density at radius 1 is 1.40 bits per heavy atom. The van der Waals surface area contributed by atoms with E-state index in [1.807, 2.05) is 0 Å². The molecule has 0 aliphatic rings. The molecule has 0 spiro atoms. The predicted octanol–water partition coefficient (Wildman–Crippen LogP) is 2.00. The topological polar surface area (TPSA) is 38.3 Å². The molecule has 3 nitrogen and oxygen atoms in total. The first-order chi connectivity index (χ1) is 6.95. The summed E-state index contributed by atoms with van der Waals surface area (Å²) in [6, 6.07) is 4.01. The molecule has 0 unspecified atom stereocenters. The minimum atomic E-state index is -4.46. The van der Waals surface area contributed by atoms with Crippen molar-refractivity contribution in [3.8, 4) is 0 Å². The lowest BCUT2D eigenvalue weighted by atomic mass is 10.1. The standard InChI is InChI=1S/C9H8F3NO2/c1-13-15-8(14)6-3-2-4-7(5-6)9(10,11)12/h2-5,13H,1H3. The second kappa shape index (κ2) is 4.31. The zero-order valence-electron chi connectivity index (χ0n) is 7.76. The predicted molar refractivity (Wildman–Crippen MR) is 45.9 cm³/mol. The van der Waals surface area contributed by atoms with Crippen molar-refractivity contribution in [1.29, 1.82) is 0 Å². The number of hydrogen-bond acceptors (Lipinski definition) is 3. The molecule has 1 aromatic carbocycles. The first kappa shape index (κ1) is 11.5. The van der Waals surface area contributed by atoms with Crippen LogP contribution in [0, 0.1) is 0 Å². The van der Waals surface area contributed by atoms with E-state index in [1.54, 1.807) is 0 Å². The molecule has 15 heavy (non-hydrogen) atoms. The molecular formula is C9H8F3NO2. The Kier molecular flexibility index (Phi) is 3.31. The molecular weight excluding hydrogens is 211 g/mol. The third kappa shape index (κ3) is 2.95. The molecule has 0 radical (unpaired) electrons. The van der Waals surface area contributed by atoms with Crippen LogP contribution in [0.2, 0.25) is 0 Å². The summed E-state index contributed by atoms with van der Waals surface area (Å²) in [7, 11) is 1.34. The van der Waals surface area contributed by atoms with E-state index < -0.39 is 17.7 Å². The van der Waals surface area contributed by atoms with Gasteiger partial charge in [0.2, 0.25) is 0 Å². The molecule has 0 atom stereocenters. The number of halogens is 3. The van der Waals surface area contributed by atoms with Crippen molar-refractivity contribution < 1.29 is 22.8 Å². The fourth-order valence-electron chi connectivity index (χ4n) is 0.974. The first-order valence-electron chi connectivity index (χ1n) is 4.00. The van der Waals surface area contributed by atoms with Crippen molar-refractivity contribution in [2.24, 2.45) is 0 Å². The van der Waals surface area contributed by atoms with E-state index in [9.17, 15) is 18.0 Å². The fourth-order valence-corrected chi connectivity index (χ4v) is 0.974. The number of carbonyl (C=O) groups excluding carboxylic acids is 1. The van der Waals surface area contributed by atoms with E-state index in [0.29, 0.717) is 0 Å². The second-order valence-electron chi connectivity index (χ2n) is 2.67. The lowest BCUT2D eigenvalue weighted by Crippen LogP contribution is -2.16. The average Bonchev–Trinajstić information content (AvgIpc) is 2.17. The summed E-state index contributed by atoms with van der Waals surface area (Å²) in [5.41, 5.74) is 1.06. The van der Waals surface area contributed by atoms with Gasteiger partial charge in [0.05, 0.1) is 11.1 Å². The highest BCUT2D eigenvalue weighted by Gasteiger charge is 2.31. The lowest BCUT2D eigenvalue weighted by Gasteiger charge is -2.07. The Balaban J connectivity index is 2.98. The van der Waals surface area contributed by atoms with Crippen LogP contribution in [0.15, 0.2) is 24.3 Å². The highest BCUT2D eigenvalue weighted by atomic mass is 19.4. The number of hydroxylamine groups is 1. The van der Waals surface area contributed by atoms with Crippen LogP contribution >= 0.6 is 0 Å². The average molecular weight is 219 g/mol. The number of alkyl halides is 3. The van der Waals surface area contributed by atoms with Gasteiger partial charge < -0.3 is 4.84 Å². The lowest BCUT2D eigenvalue weighted by molar-refractivity contribution is -0.137. The maximum atomic E-state index is 12.2. The molecule has 0 heterocycles. The number of rotatable bonds is 2. The van der Waals surface area contributed by atoms with Gasteiger partial charge in [-0.15, -0.1) is 0 Å². The summed E-state index contributed by atoms with van der Waals surface area (Å²) in [5, 5.41) is 0. The second-order valence-corrected chi connectivity index (χ2v) is 2.67. The van der Waals surface area contributed by atoms with E-state index in [4.69, 9.17) is 0 Å². The number of hydrogen-bond donors (Lipinski definition) is 1. The van der Waals surface area contributed by atoms with Gasteiger partial charge in [-0.25, -0.2) is 4.79 Å². The van der Waals surface area contributed by atoms with Gasteiger partial charge in [-0.3, -0.25) is 0 Å². The molecule has 1 aromatic rings. The highest BCUT2D eigenvalue weighted by Crippen LogP contribution is 2.29. The molecule has 1 N–H and O–H groups in total. The van der Waals surface area contributed by atoms with Crippen molar-refractivity contribution in [3.63, 3.8) is 0 Å². The number of benzene rings is 1. The van der Waals surface area contributed by atoms with E-state index in [0.717, 1.165) is 18.2 Å². The van der Waals surface area contributed by atoms with E-state index in [-0.39, 0.29) is 5.56 Å². The fraction of sp³-hybridized carbons (Fsp3) is 0.222. The largest absolute Gasteiger partial charge is 0.416 e. The minimum absolute atomic E-state index is 0.154. The molecule has 0 fully saturated rings. The van der Waals surface area contributed by atoms with Gasteiger partial charge in [0.1, 0.15) is 0 Å². The molecule has 0 amide bonds. The van der Waals surface area contributed by atoms with Crippen LogP contribution in [-0.2, 0) is 11.0 Å². The summed E-state index contributed by atoms with van der Waals surface area (Å²) in [5.74, 6) is -0.858. The van der Waals surface area contributed by atoms with Gasteiger partial charge in [-0.2, -0.15) is 18.7 Å². The molecule has 1 rings (SSSR count). The smallest absolute Gasteiger partial charge is 0.367 e. The molecule has 6 heteroatoms. The summed E-state index contributed by atoms with van der Waals surface area (Å²) in [6.45, 7) is 0. The molecule has 0 saturated heterocycles. The van der Waals surface area contributed by atoms with E-state index in [1.165, 1.54) is 13.1 Å². The van der Waals surface area contributed by atoms with Crippen LogP contribution in [0.3, 0.4) is 0 Å². The van der Waals surface area contributed by atoms with Crippen LogP contribution in [0.5, 0.6) is 0 Å². The van der Waals surface area contributed by atoms with Gasteiger partial charge in [-0.1, -0.05) is 6.07 Å². The summed E-state index contributed by atoms with van der Waals surface area (Å²) < 4.78 is 36.7. The third-order valence-electron chi connectivity index (χ3n) is 1.62. The Bertz CT molecular complexity index is 363. The van der Waals surface area contributed by atoms with Crippen LogP contribution in [-0.4, -0.2) is 13.0 Å². The molecule has 0 saturated carbocycles. The zero-order chi connectivity index (χ0) is 11.5. The monoisotopic (exact) mass is 219 g/mol. The van der Waals surface area contributed by atoms with Crippen LogP contribution in [0.1, 0.15) is 15.9 Å². The van der Waals surface area contributed by atoms with Crippen molar-refractivity contribution in [1.82, 2.24) is 5.48 Å². The molecule has 0 aliphatic carbocycles. The minimum Gasteiger partial charge on any atom is -0.367 e. The van der Waals surface area contributed by atoms with Crippen molar-refractivity contribution in [2.75, 3.05) is 7.05 Å². The molecule has 0 aliphatic heterocycles. The number of carbonyl (C=O) groups is 1. The van der Waals surface area contributed by atoms with Crippen molar-refractivity contribution >= 4 is 5.97 Å². The quantitative estimate of drug-likeness (QED) is 0.773. The van der Waals surface area contributed by atoms with E-state index in [2.05, 4.69) is 10.3 Å². The van der Waals surface area contributed by atoms with Crippen LogP contribution in [0.4, 0.5) is 13.2 Å². The summed E-state index contributed by atoms with van der Waals surface area (Å²) >= 11 is 0. The highest BCUT2D eigenvalue weighted by molar-refractivity contribution is 5.89. The maximum Gasteiger partial charge on any atom is 0.416 e. The summed E-state index contributed by atoms with van der Waals surface area (Å²) in [4.78, 5) is 15.4. The third-order valence-corrected chi connectivity index (χ3v) is 1.62. The van der Waals surface area contributed by atoms with Gasteiger partial charge >= 0.3 is 12.1 Å². The molecule has 82 valence electrons. The Morgan fingerprint density at radius 3 is 2.60 bits per heavy atom. The maximum absolute atomic E-state index is 12.2. The number of nitrogens with one attached hydrogen (secondary N) is 1. The van der Waals surface area contributed by atoms with Gasteiger partial charge in [0, 0.05) is 7.05 Å². The van der Waals surface area contributed by atoms with E-state index >= 15 is 0 Å². The zero-order valence-corrected chi connectivity index (χ0v) is 7.76. The molecule has 0 aromatic heterocycles. The Hall–Kier alpha value is -1.56. The SMILES string of the molecule is CNOC(=O)c1cccc(C(F)(F)F)c1. The van der Waals surface area contributed by atoms with Crippen LogP contribution < -0.4 is 5.48 Å². The Morgan fingerprint density at radius 2 is 2.07 bits per heavy atom. The molecule has 0 bridgehead atoms. The first-order valence-corrected chi connectivity index (χ1v) is 4.00. The van der Waals surface area contributed by atoms with Crippen molar-refractivity contribution in [3.05, 3.63) is 35.4 Å². The van der Waals surface area contributed by atoms with Crippen molar-refractivity contribution in [2.45, 2.75) is 6.18 Å². The Labute approximate surface area is 83.8 Å².